The summed E-state index contributed by atoms with van der Waals surface area (Å²) in [6, 6.07) is 5.74. The minimum absolute atomic E-state index is 0.194. The van der Waals surface area contributed by atoms with Crippen LogP contribution in [0.5, 0.6) is 0 Å². The number of hydrogen-bond acceptors (Lipinski definition) is 1. The van der Waals surface area contributed by atoms with Gasteiger partial charge < -0.3 is 0 Å². The Labute approximate surface area is 112 Å². The van der Waals surface area contributed by atoms with Gasteiger partial charge in [0.1, 0.15) is 0 Å². The fourth-order valence-electron chi connectivity index (χ4n) is 4.24. The molecule has 92 valence electrons. The Balaban J connectivity index is 1.83. The molecule has 0 amide bonds. The Kier molecular flexibility index (Phi) is 2.09. The summed E-state index contributed by atoms with van der Waals surface area (Å²) in [5, 5.41) is 0.775. The van der Waals surface area contributed by atoms with E-state index in [4.69, 9.17) is 11.6 Å². The van der Waals surface area contributed by atoms with Crippen LogP contribution in [0.4, 0.5) is 0 Å². The van der Waals surface area contributed by atoms with Crippen LogP contribution >= 0.6 is 11.6 Å². The molecule has 1 nitrogen and oxygen atoms in total. The second-order valence-corrected chi connectivity index (χ2v) is 6.49. The Morgan fingerprint density at radius 2 is 2.11 bits per heavy atom. The van der Waals surface area contributed by atoms with Crippen molar-refractivity contribution in [1.82, 2.24) is 0 Å². The molecule has 0 radical (unpaired) electrons. The summed E-state index contributed by atoms with van der Waals surface area (Å²) >= 11 is 6.30. The molecule has 0 aromatic heterocycles. The first kappa shape index (κ1) is 10.8. The number of Topliss-reactive ketones (excluding diaryl/α,β-unsaturated/α-hetero) is 1. The van der Waals surface area contributed by atoms with Gasteiger partial charge in [-0.3, -0.25) is 4.79 Å². The molecule has 2 bridgehead atoms. The molecule has 1 aromatic carbocycles. The molecular formula is C16H15ClO. The van der Waals surface area contributed by atoms with Crippen molar-refractivity contribution in [3.63, 3.8) is 0 Å². The van der Waals surface area contributed by atoms with Crippen LogP contribution < -0.4 is 0 Å². The largest absolute Gasteiger partial charge is 0.294 e. The molecular weight excluding hydrogens is 244 g/mol. The normalized spacial score (nSPS) is 32.8. The zero-order valence-electron chi connectivity index (χ0n) is 10.2. The van der Waals surface area contributed by atoms with Crippen molar-refractivity contribution in [3.8, 4) is 0 Å². The van der Waals surface area contributed by atoms with Gasteiger partial charge in [0.15, 0.2) is 5.78 Å². The van der Waals surface area contributed by atoms with Crippen LogP contribution in [-0.2, 0) is 6.42 Å². The van der Waals surface area contributed by atoms with E-state index >= 15 is 0 Å². The predicted molar refractivity (Wildman–Crippen MR) is 72.0 cm³/mol. The molecule has 4 rings (SSSR count). The Bertz CT molecular complexity index is 587. The number of hydrogen-bond donors (Lipinski definition) is 0. The maximum absolute atomic E-state index is 12.4. The zero-order valence-corrected chi connectivity index (χ0v) is 11.0. The lowest BCUT2D eigenvalue weighted by Gasteiger charge is -2.39. The van der Waals surface area contributed by atoms with E-state index in [1.54, 1.807) is 5.57 Å². The molecule has 0 aliphatic heterocycles. The van der Waals surface area contributed by atoms with Crippen molar-refractivity contribution >= 4 is 17.4 Å². The number of carbonyl (C=O) groups is 1. The standard InChI is InChI=1S/C16H15ClO/c17-14-3-1-2-12-13(14)8-16(9-15(12)18)7-10-4-5-11(16)6-10/h1-4,11H,5-9H2. The quantitative estimate of drug-likeness (QED) is 0.638. The summed E-state index contributed by atoms with van der Waals surface area (Å²) in [5.74, 6) is 0.979. The monoisotopic (exact) mass is 258 g/mol. The second-order valence-electron chi connectivity index (χ2n) is 6.08. The summed E-state index contributed by atoms with van der Waals surface area (Å²) in [6.45, 7) is 0. The molecule has 2 unspecified atom stereocenters. The van der Waals surface area contributed by atoms with Crippen LogP contribution in [-0.4, -0.2) is 5.78 Å². The summed E-state index contributed by atoms with van der Waals surface area (Å²) in [7, 11) is 0. The highest BCUT2D eigenvalue weighted by atomic mass is 35.5. The third-order valence-electron chi connectivity index (χ3n) is 5.11. The Morgan fingerprint density at radius 3 is 2.83 bits per heavy atom. The fraction of sp³-hybridized carbons (Fsp3) is 0.438. The molecule has 0 N–H and O–H groups in total. The number of ketones is 1. The van der Waals surface area contributed by atoms with Crippen LogP contribution in [0, 0.1) is 11.3 Å². The second kappa shape index (κ2) is 3.48. The lowest BCUT2D eigenvalue weighted by molar-refractivity contribution is 0.0824. The number of allylic oxidation sites excluding steroid dienone is 2. The molecule has 3 aliphatic rings. The highest BCUT2D eigenvalue weighted by Gasteiger charge is 2.50. The predicted octanol–water partition coefficient (Wildman–Crippen LogP) is 4.20. The van der Waals surface area contributed by atoms with Gasteiger partial charge >= 0.3 is 0 Å². The summed E-state index contributed by atoms with van der Waals surface area (Å²) < 4.78 is 0. The summed E-state index contributed by atoms with van der Waals surface area (Å²) in [6.07, 6.45) is 7.60. The minimum atomic E-state index is 0.194. The van der Waals surface area contributed by atoms with Crippen molar-refractivity contribution in [2.45, 2.75) is 32.1 Å². The van der Waals surface area contributed by atoms with E-state index < -0.39 is 0 Å². The number of fused-ring (bicyclic) bond motifs is 4. The molecule has 0 saturated heterocycles. The van der Waals surface area contributed by atoms with E-state index in [1.165, 1.54) is 12.8 Å². The molecule has 1 fully saturated rings. The first-order chi connectivity index (χ1) is 8.68. The summed E-state index contributed by atoms with van der Waals surface area (Å²) in [5.41, 5.74) is 3.73. The van der Waals surface area contributed by atoms with Crippen molar-refractivity contribution < 1.29 is 4.79 Å². The van der Waals surface area contributed by atoms with Crippen LogP contribution in [0.25, 0.3) is 0 Å². The average Bonchev–Trinajstić information content (AvgIpc) is 2.91. The fourth-order valence-corrected chi connectivity index (χ4v) is 4.48. The van der Waals surface area contributed by atoms with E-state index in [1.807, 2.05) is 18.2 Å². The van der Waals surface area contributed by atoms with E-state index in [0.717, 1.165) is 35.4 Å². The number of rotatable bonds is 0. The molecule has 1 saturated carbocycles. The Morgan fingerprint density at radius 1 is 1.22 bits per heavy atom. The number of carbonyl (C=O) groups excluding carboxylic acids is 1. The highest BCUT2D eigenvalue weighted by molar-refractivity contribution is 6.32. The summed E-state index contributed by atoms with van der Waals surface area (Å²) in [4.78, 5) is 12.4. The van der Waals surface area contributed by atoms with Gasteiger partial charge in [0.25, 0.3) is 0 Å². The van der Waals surface area contributed by atoms with E-state index in [-0.39, 0.29) is 5.41 Å². The van der Waals surface area contributed by atoms with Gasteiger partial charge in [0.05, 0.1) is 0 Å². The maximum atomic E-state index is 12.4. The van der Waals surface area contributed by atoms with E-state index in [0.29, 0.717) is 11.7 Å². The van der Waals surface area contributed by atoms with Gasteiger partial charge in [-0.25, -0.2) is 0 Å². The molecule has 1 aromatic rings. The van der Waals surface area contributed by atoms with Gasteiger partial charge in [-0.05, 0) is 48.6 Å². The van der Waals surface area contributed by atoms with Crippen LogP contribution in [0.1, 0.15) is 41.6 Å². The van der Waals surface area contributed by atoms with Crippen LogP contribution in [0.3, 0.4) is 0 Å². The lowest BCUT2D eigenvalue weighted by Crippen LogP contribution is -2.36. The topological polar surface area (TPSA) is 17.1 Å². The molecule has 2 atom stereocenters. The lowest BCUT2D eigenvalue weighted by atomic mass is 9.63. The van der Waals surface area contributed by atoms with Gasteiger partial charge in [-0.1, -0.05) is 35.4 Å². The number of benzene rings is 1. The van der Waals surface area contributed by atoms with Gasteiger partial charge in [-0.2, -0.15) is 0 Å². The number of halogens is 1. The highest BCUT2D eigenvalue weighted by Crippen LogP contribution is 2.58. The molecule has 3 aliphatic carbocycles. The van der Waals surface area contributed by atoms with Crippen molar-refractivity contribution in [3.05, 3.63) is 46.0 Å². The van der Waals surface area contributed by atoms with Crippen molar-refractivity contribution in [1.29, 1.82) is 0 Å². The smallest absolute Gasteiger partial charge is 0.163 e. The average molecular weight is 259 g/mol. The molecule has 1 spiro atoms. The molecule has 2 heteroatoms. The first-order valence-electron chi connectivity index (χ1n) is 6.66. The zero-order chi connectivity index (χ0) is 12.3. The van der Waals surface area contributed by atoms with Crippen molar-refractivity contribution in [2.75, 3.05) is 0 Å². The SMILES string of the molecule is O=C1CC2(CC3=CCC2C3)Cc2c(Cl)cccc21. The molecule has 0 heterocycles. The van der Waals surface area contributed by atoms with Gasteiger partial charge in [0.2, 0.25) is 0 Å². The van der Waals surface area contributed by atoms with Gasteiger partial charge in [-0.15, -0.1) is 0 Å². The van der Waals surface area contributed by atoms with Crippen molar-refractivity contribution in [2.24, 2.45) is 11.3 Å². The van der Waals surface area contributed by atoms with Crippen LogP contribution in [0.2, 0.25) is 5.02 Å². The first-order valence-corrected chi connectivity index (χ1v) is 7.04. The van der Waals surface area contributed by atoms with Gasteiger partial charge in [0, 0.05) is 17.0 Å². The minimum Gasteiger partial charge on any atom is -0.294 e. The maximum Gasteiger partial charge on any atom is 0.163 e. The Hall–Kier alpha value is -1.08. The molecule has 18 heavy (non-hydrogen) atoms. The third-order valence-corrected chi connectivity index (χ3v) is 5.46. The van der Waals surface area contributed by atoms with Crippen LogP contribution in [0.15, 0.2) is 29.8 Å². The third kappa shape index (κ3) is 1.31. The van der Waals surface area contributed by atoms with E-state index in [9.17, 15) is 4.79 Å². The van der Waals surface area contributed by atoms with E-state index in [2.05, 4.69) is 6.08 Å².